The molecule has 30 heavy (non-hydrogen) atoms. The summed E-state index contributed by atoms with van der Waals surface area (Å²) in [4.78, 5) is 38.5. The molecule has 0 aromatic heterocycles. The number of hydrogen-bond donors (Lipinski definition) is 4. The molecule has 166 valence electrons. The van der Waals surface area contributed by atoms with Gasteiger partial charge in [-0.15, -0.1) is 0 Å². The zero-order valence-corrected chi connectivity index (χ0v) is 18.5. The van der Waals surface area contributed by atoms with E-state index >= 15 is 0 Å². The maximum atomic E-state index is 12.6. The van der Waals surface area contributed by atoms with Gasteiger partial charge in [0, 0.05) is 37.1 Å². The lowest BCUT2D eigenvalue weighted by Gasteiger charge is -2.32. The first kappa shape index (κ1) is 23.5. The molecule has 1 aromatic rings. The number of urea groups is 2. The van der Waals surface area contributed by atoms with Crippen molar-refractivity contribution in [3.05, 3.63) is 24.3 Å². The van der Waals surface area contributed by atoms with E-state index in [9.17, 15) is 14.4 Å². The summed E-state index contributed by atoms with van der Waals surface area (Å²) >= 11 is 0. The maximum Gasteiger partial charge on any atom is 0.321 e. The smallest absolute Gasteiger partial charge is 0.321 e. The Morgan fingerprint density at radius 1 is 1.07 bits per heavy atom. The minimum absolute atomic E-state index is 0.0213. The van der Waals surface area contributed by atoms with E-state index in [2.05, 4.69) is 21.3 Å². The van der Waals surface area contributed by atoms with Gasteiger partial charge < -0.3 is 26.2 Å². The number of nitrogens with one attached hydrogen (secondary N) is 4. The van der Waals surface area contributed by atoms with Crippen LogP contribution in [0, 0.1) is 11.8 Å². The van der Waals surface area contributed by atoms with Crippen molar-refractivity contribution in [1.82, 2.24) is 15.5 Å². The summed E-state index contributed by atoms with van der Waals surface area (Å²) in [6, 6.07) is 6.63. The molecule has 4 N–H and O–H groups in total. The Balaban J connectivity index is 1.85. The van der Waals surface area contributed by atoms with Crippen LogP contribution < -0.4 is 21.3 Å². The molecule has 1 aliphatic rings. The second-order valence-electron chi connectivity index (χ2n) is 8.34. The Kier molecular flexibility index (Phi) is 8.95. The van der Waals surface area contributed by atoms with Crippen molar-refractivity contribution >= 4 is 29.3 Å². The molecule has 8 nitrogen and oxygen atoms in total. The van der Waals surface area contributed by atoms with E-state index < -0.39 is 0 Å². The van der Waals surface area contributed by atoms with Crippen LogP contribution in [0.5, 0.6) is 0 Å². The average Bonchev–Trinajstić information content (AvgIpc) is 2.73. The molecule has 2 unspecified atom stereocenters. The Morgan fingerprint density at radius 3 is 2.30 bits per heavy atom. The lowest BCUT2D eigenvalue weighted by atomic mass is 9.97. The second-order valence-corrected chi connectivity index (χ2v) is 8.34. The average molecular weight is 418 g/mol. The molecule has 0 saturated carbocycles. The number of benzene rings is 1. The fourth-order valence-corrected chi connectivity index (χ4v) is 3.15. The number of amides is 5. The third kappa shape index (κ3) is 7.57. The molecule has 1 aliphatic heterocycles. The molecule has 1 aromatic carbocycles. The molecule has 1 heterocycles. The highest BCUT2D eigenvalue weighted by atomic mass is 16.2. The number of carbonyl (C=O) groups excluding carboxylic acids is 3. The van der Waals surface area contributed by atoms with Crippen LogP contribution >= 0.6 is 0 Å². The van der Waals surface area contributed by atoms with Crippen molar-refractivity contribution in [1.29, 1.82) is 0 Å². The van der Waals surface area contributed by atoms with Gasteiger partial charge in [-0.25, -0.2) is 9.59 Å². The van der Waals surface area contributed by atoms with Crippen LogP contribution in [0.3, 0.4) is 0 Å². The third-order valence-electron chi connectivity index (χ3n) is 5.15. The molecule has 0 radical (unpaired) electrons. The molecule has 8 heteroatoms. The molecule has 0 aliphatic carbocycles. The number of likely N-dealkylation sites (tertiary alicyclic amines) is 1. The Labute approximate surface area is 179 Å². The van der Waals surface area contributed by atoms with E-state index in [1.54, 1.807) is 29.2 Å². The van der Waals surface area contributed by atoms with Crippen molar-refractivity contribution in [3.63, 3.8) is 0 Å². The number of carbonyl (C=O) groups is 3. The molecule has 1 fully saturated rings. The number of piperidine rings is 1. The third-order valence-corrected chi connectivity index (χ3v) is 5.15. The van der Waals surface area contributed by atoms with Gasteiger partial charge in [0.2, 0.25) is 5.91 Å². The highest BCUT2D eigenvalue weighted by Crippen LogP contribution is 2.19. The predicted molar refractivity (Wildman–Crippen MR) is 120 cm³/mol. The minimum Gasteiger partial charge on any atom is -0.353 e. The van der Waals surface area contributed by atoms with Gasteiger partial charge in [0.25, 0.3) is 0 Å². The molecule has 1 saturated heterocycles. The first-order chi connectivity index (χ1) is 14.3. The quantitative estimate of drug-likeness (QED) is 0.545. The van der Waals surface area contributed by atoms with Gasteiger partial charge in [-0.05, 0) is 56.4 Å². The summed E-state index contributed by atoms with van der Waals surface area (Å²) in [6.07, 6.45) is 2.48. The van der Waals surface area contributed by atoms with E-state index in [-0.39, 0.29) is 29.9 Å². The maximum absolute atomic E-state index is 12.6. The SMILES string of the molecule is CCC(C)NC(=O)C1CCCN(C(=O)Nc2ccc(NC(=O)NCC(C)C)cc2)C1. The summed E-state index contributed by atoms with van der Waals surface area (Å²) < 4.78 is 0. The van der Waals surface area contributed by atoms with Crippen LogP contribution in [0.1, 0.15) is 47.0 Å². The fourth-order valence-electron chi connectivity index (χ4n) is 3.15. The molecule has 0 spiro atoms. The van der Waals surface area contributed by atoms with E-state index in [1.807, 2.05) is 27.7 Å². The van der Waals surface area contributed by atoms with E-state index in [0.29, 0.717) is 36.9 Å². The molecule has 2 atom stereocenters. The predicted octanol–water partition coefficient (Wildman–Crippen LogP) is 3.62. The van der Waals surface area contributed by atoms with E-state index in [4.69, 9.17) is 0 Å². The normalized spacial score (nSPS) is 17.2. The van der Waals surface area contributed by atoms with Crippen molar-refractivity contribution in [2.24, 2.45) is 11.8 Å². The Morgan fingerprint density at radius 2 is 1.70 bits per heavy atom. The van der Waals surface area contributed by atoms with Crippen molar-refractivity contribution in [2.75, 3.05) is 30.3 Å². The number of nitrogens with zero attached hydrogens (tertiary/aromatic N) is 1. The Hall–Kier alpha value is -2.77. The minimum atomic E-state index is -0.254. The number of rotatable bonds is 7. The van der Waals surface area contributed by atoms with Crippen molar-refractivity contribution < 1.29 is 14.4 Å². The van der Waals surface area contributed by atoms with Gasteiger partial charge in [-0.3, -0.25) is 4.79 Å². The first-order valence-corrected chi connectivity index (χ1v) is 10.8. The van der Waals surface area contributed by atoms with E-state index in [1.165, 1.54) is 0 Å². The van der Waals surface area contributed by atoms with Crippen LogP contribution in [0.25, 0.3) is 0 Å². The van der Waals surface area contributed by atoms with Gasteiger partial charge in [-0.2, -0.15) is 0 Å². The largest absolute Gasteiger partial charge is 0.353 e. The topological polar surface area (TPSA) is 103 Å². The number of hydrogen-bond acceptors (Lipinski definition) is 3. The van der Waals surface area contributed by atoms with Gasteiger partial charge in [0.1, 0.15) is 0 Å². The van der Waals surface area contributed by atoms with Crippen LogP contribution in [-0.2, 0) is 4.79 Å². The molecular weight excluding hydrogens is 382 g/mol. The summed E-state index contributed by atoms with van der Waals surface area (Å²) in [5.41, 5.74) is 1.29. The highest BCUT2D eigenvalue weighted by molar-refractivity contribution is 5.92. The van der Waals surface area contributed by atoms with Crippen molar-refractivity contribution in [3.8, 4) is 0 Å². The summed E-state index contributed by atoms with van der Waals surface area (Å²) in [7, 11) is 0. The van der Waals surface area contributed by atoms with Crippen LogP contribution in [0.4, 0.5) is 21.0 Å². The van der Waals surface area contributed by atoms with Gasteiger partial charge in [0.05, 0.1) is 5.92 Å². The van der Waals surface area contributed by atoms with Gasteiger partial charge >= 0.3 is 12.1 Å². The van der Waals surface area contributed by atoms with Gasteiger partial charge in [-0.1, -0.05) is 20.8 Å². The Bertz CT molecular complexity index is 720. The van der Waals surface area contributed by atoms with Crippen molar-refractivity contribution in [2.45, 2.75) is 53.0 Å². The lowest BCUT2D eigenvalue weighted by molar-refractivity contribution is -0.126. The first-order valence-electron chi connectivity index (χ1n) is 10.8. The molecular formula is C22H35N5O3. The summed E-state index contributed by atoms with van der Waals surface area (Å²) in [5, 5.41) is 11.4. The molecule has 5 amide bonds. The molecule has 0 bridgehead atoms. The fraction of sp³-hybridized carbons (Fsp3) is 0.591. The summed E-state index contributed by atoms with van der Waals surface area (Å²) in [5.74, 6) is 0.228. The monoisotopic (exact) mass is 417 g/mol. The zero-order valence-electron chi connectivity index (χ0n) is 18.5. The van der Waals surface area contributed by atoms with Crippen LogP contribution in [0.2, 0.25) is 0 Å². The lowest BCUT2D eigenvalue weighted by Crippen LogP contribution is -2.48. The van der Waals surface area contributed by atoms with Crippen LogP contribution in [-0.4, -0.2) is 48.5 Å². The van der Waals surface area contributed by atoms with Crippen LogP contribution in [0.15, 0.2) is 24.3 Å². The summed E-state index contributed by atoms with van der Waals surface area (Å²) in [6.45, 7) is 9.73. The highest BCUT2D eigenvalue weighted by Gasteiger charge is 2.28. The molecule has 2 rings (SSSR count). The second kappa shape index (κ2) is 11.4. The van der Waals surface area contributed by atoms with Gasteiger partial charge in [0.15, 0.2) is 0 Å². The number of anilines is 2. The zero-order chi connectivity index (χ0) is 22.1. The van der Waals surface area contributed by atoms with E-state index in [0.717, 1.165) is 19.3 Å². The standard InChI is InChI=1S/C22H35N5O3/c1-5-16(4)24-20(28)17-7-6-12-27(14-17)22(30)26-19-10-8-18(9-11-19)25-21(29)23-13-15(2)3/h8-11,15-17H,5-7,12-14H2,1-4H3,(H,24,28)(H,26,30)(H2,23,25,29).